The highest BCUT2D eigenvalue weighted by molar-refractivity contribution is 6.43. The van der Waals surface area contributed by atoms with Crippen molar-refractivity contribution in [1.82, 2.24) is 0 Å². The Morgan fingerprint density at radius 1 is 0.459 bits per heavy atom. The largest absolute Gasteiger partial charge is 0.252 e. The SMILES string of the molecule is CCCCCC(=Nc1ccc(CCC)c(CCC)c1)C(CCCC)=Nc1ccc(CCC)c(CCC)c1. The van der Waals surface area contributed by atoms with Crippen LogP contribution < -0.4 is 0 Å². The van der Waals surface area contributed by atoms with Crippen molar-refractivity contribution in [2.45, 2.75) is 138 Å². The van der Waals surface area contributed by atoms with Gasteiger partial charge in [0.1, 0.15) is 0 Å². The average Bonchev–Trinajstić information content (AvgIpc) is 2.89. The van der Waals surface area contributed by atoms with Crippen LogP contribution in [0.3, 0.4) is 0 Å². The van der Waals surface area contributed by atoms with Crippen LogP contribution in [-0.2, 0) is 25.7 Å². The van der Waals surface area contributed by atoms with Gasteiger partial charge in [0.25, 0.3) is 0 Å². The van der Waals surface area contributed by atoms with Crippen LogP contribution in [0.5, 0.6) is 0 Å². The van der Waals surface area contributed by atoms with Gasteiger partial charge in [0.15, 0.2) is 0 Å². The number of benzene rings is 2. The van der Waals surface area contributed by atoms with Crippen LogP contribution in [0.4, 0.5) is 11.4 Å². The first kappa shape index (κ1) is 31.0. The normalized spacial score (nSPS) is 12.4. The van der Waals surface area contributed by atoms with Gasteiger partial charge >= 0.3 is 0 Å². The molecule has 0 saturated heterocycles. The van der Waals surface area contributed by atoms with Crippen molar-refractivity contribution in [3.05, 3.63) is 58.7 Å². The molecular weight excluding hydrogens is 448 g/mol. The van der Waals surface area contributed by atoms with Crippen LogP contribution in [-0.4, -0.2) is 11.4 Å². The number of unbranched alkanes of at least 4 members (excludes halogenated alkanes) is 3. The zero-order chi connectivity index (χ0) is 26.9. The first-order chi connectivity index (χ1) is 18.1. The van der Waals surface area contributed by atoms with Crippen molar-refractivity contribution in [3.8, 4) is 0 Å². The third-order valence-corrected chi connectivity index (χ3v) is 7.10. The Morgan fingerprint density at radius 2 is 0.865 bits per heavy atom. The second-order valence-corrected chi connectivity index (χ2v) is 10.6. The number of aliphatic imine (C=N–C) groups is 2. The first-order valence-electron chi connectivity index (χ1n) is 15.5. The number of rotatable bonds is 18. The molecule has 0 heterocycles. The molecule has 0 aliphatic rings. The van der Waals surface area contributed by atoms with Crippen molar-refractivity contribution in [2.24, 2.45) is 9.98 Å². The summed E-state index contributed by atoms with van der Waals surface area (Å²) in [5.74, 6) is 0. The molecule has 37 heavy (non-hydrogen) atoms. The standard InChI is InChI=1S/C35H54N2/c1-7-13-15-21-35(37-33-25-23-29(17-10-4)31(27-33)19-12-6)34(20-14-8-2)36-32-24-22-28(16-9-3)30(26-32)18-11-5/h22-27H,7-21H2,1-6H3. The van der Waals surface area contributed by atoms with E-state index in [1.807, 2.05) is 0 Å². The second-order valence-electron chi connectivity index (χ2n) is 10.6. The lowest BCUT2D eigenvalue weighted by molar-refractivity contribution is 0.742. The summed E-state index contributed by atoms with van der Waals surface area (Å²) >= 11 is 0. The maximum Gasteiger partial charge on any atom is 0.0636 e. The maximum atomic E-state index is 5.32. The quantitative estimate of drug-likeness (QED) is 0.143. The van der Waals surface area contributed by atoms with E-state index in [2.05, 4.69) is 77.9 Å². The third kappa shape index (κ3) is 10.6. The summed E-state index contributed by atoms with van der Waals surface area (Å²) in [5, 5.41) is 0. The molecule has 0 aromatic heterocycles. The molecule has 0 amide bonds. The lowest BCUT2D eigenvalue weighted by Crippen LogP contribution is -2.14. The van der Waals surface area contributed by atoms with Gasteiger partial charge in [-0.05, 0) is 97.9 Å². The second kappa shape index (κ2) is 18.1. The lowest BCUT2D eigenvalue weighted by atomic mass is 9.98. The highest BCUT2D eigenvalue weighted by atomic mass is 14.8. The fourth-order valence-corrected chi connectivity index (χ4v) is 5.12. The first-order valence-corrected chi connectivity index (χ1v) is 15.5. The zero-order valence-electron chi connectivity index (χ0n) is 25.0. The molecule has 2 heteroatoms. The Labute approximate surface area is 229 Å². The van der Waals surface area contributed by atoms with Crippen LogP contribution in [0.15, 0.2) is 46.4 Å². The van der Waals surface area contributed by atoms with Crippen LogP contribution in [0.25, 0.3) is 0 Å². The van der Waals surface area contributed by atoms with E-state index in [0.29, 0.717) is 0 Å². The molecule has 2 rings (SSSR count). The number of nitrogens with zero attached hydrogens (tertiary/aromatic N) is 2. The Kier molecular flexibility index (Phi) is 15.2. The Balaban J connectivity index is 2.55. The summed E-state index contributed by atoms with van der Waals surface area (Å²) in [6, 6.07) is 13.8. The molecule has 2 aromatic rings. The number of hydrogen-bond donors (Lipinski definition) is 0. The van der Waals surface area contributed by atoms with Crippen molar-refractivity contribution in [1.29, 1.82) is 0 Å². The molecule has 0 unspecified atom stereocenters. The Bertz CT molecular complexity index is 983. The average molecular weight is 503 g/mol. The molecule has 0 spiro atoms. The molecule has 0 N–H and O–H groups in total. The van der Waals surface area contributed by atoms with Crippen LogP contribution in [0.1, 0.15) is 134 Å². The molecule has 2 aromatic carbocycles. The van der Waals surface area contributed by atoms with Gasteiger partial charge in [0.05, 0.1) is 22.8 Å². The molecule has 0 bridgehead atoms. The molecule has 0 saturated carbocycles. The molecular formula is C35H54N2. The van der Waals surface area contributed by atoms with E-state index < -0.39 is 0 Å². The smallest absolute Gasteiger partial charge is 0.0636 e. The van der Waals surface area contributed by atoms with Crippen molar-refractivity contribution >= 4 is 22.8 Å². The van der Waals surface area contributed by atoms with Crippen LogP contribution >= 0.6 is 0 Å². The van der Waals surface area contributed by atoms with Gasteiger partial charge in [-0.15, -0.1) is 0 Å². The van der Waals surface area contributed by atoms with Gasteiger partial charge in [-0.1, -0.05) is 98.6 Å². The highest BCUT2D eigenvalue weighted by Crippen LogP contribution is 2.25. The molecule has 0 aliphatic heterocycles. The predicted octanol–water partition coefficient (Wildman–Crippen LogP) is 11.1. The van der Waals surface area contributed by atoms with Gasteiger partial charge in [-0.3, -0.25) is 9.98 Å². The Hall–Kier alpha value is -2.22. The van der Waals surface area contributed by atoms with Gasteiger partial charge in [-0.2, -0.15) is 0 Å². The Morgan fingerprint density at radius 3 is 1.27 bits per heavy atom. The molecule has 0 aliphatic carbocycles. The monoisotopic (exact) mass is 502 g/mol. The third-order valence-electron chi connectivity index (χ3n) is 7.10. The summed E-state index contributed by atoms with van der Waals surface area (Å²) in [7, 11) is 0. The maximum absolute atomic E-state index is 5.32. The molecule has 2 nitrogen and oxygen atoms in total. The number of hydrogen-bond acceptors (Lipinski definition) is 2. The van der Waals surface area contributed by atoms with E-state index in [0.717, 1.165) is 56.3 Å². The van der Waals surface area contributed by atoms with Gasteiger partial charge in [-0.25, -0.2) is 0 Å². The van der Waals surface area contributed by atoms with E-state index in [4.69, 9.17) is 9.98 Å². The fraction of sp³-hybridized carbons (Fsp3) is 0.600. The van der Waals surface area contributed by atoms with E-state index in [1.165, 1.54) is 85.0 Å². The summed E-state index contributed by atoms with van der Waals surface area (Å²) in [6.45, 7) is 13.6. The number of aryl methyl sites for hydroxylation is 4. The van der Waals surface area contributed by atoms with E-state index >= 15 is 0 Å². The zero-order valence-corrected chi connectivity index (χ0v) is 25.0. The molecule has 204 valence electrons. The van der Waals surface area contributed by atoms with Gasteiger partial charge in [0, 0.05) is 0 Å². The highest BCUT2D eigenvalue weighted by Gasteiger charge is 2.12. The van der Waals surface area contributed by atoms with Gasteiger partial charge in [0.2, 0.25) is 0 Å². The van der Waals surface area contributed by atoms with E-state index in [9.17, 15) is 0 Å². The van der Waals surface area contributed by atoms with E-state index in [1.54, 1.807) is 0 Å². The van der Waals surface area contributed by atoms with Crippen molar-refractivity contribution in [2.75, 3.05) is 0 Å². The molecule has 0 atom stereocenters. The summed E-state index contributed by atoms with van der Waals surface area (Å²) in [6.07, 6.45) is 17.2. The summed E-state index contributed by atoms with van der Waals surface area (Å²) < 4.78 is 0. The van der Waals surface area contributed by atoms with Crippen molar-refractivity contribution < 1.29 is 0 Å². The fourth-order valence-electron chi connectivity index (χ4n) is 5.12. The minimum Gasteiger partial charge on any atom is -0.252 e. The topological polar surface area (TPSA) is 24.7 Å². The van der Waals surface area contributed by atoms with E-state index in [-0.39, 0.29) is 0 Å². The minimum absolute atomic E-state index is 0.997. The predicted molar refractivity (Wildman–Crippen MR) is 167 cm³/mol. The molecule has 0 radical (unpaired) electrons. The molecule has 0 fully saturated rings. The van der Waals surface area contributed by atoms with Crippen molar-refractivity contribution in [3.63, 3.8) is 0 Å². The lowest BCUT2D eigenvalue weighted by Gasteiger charge is -2.14. The van der Waals surface area contributed by atoms with Gasteiger partial charge < -0.3 is 0 Å². The summed E-state index contributed by atoms with van der Waals surface area (Å²) in [5.41, 5.74) is 10.5. The van der Waals surface area contributed by atoms with Crippen LogP contribution in [0, 0.1) is 0 Å². The minimum atomic E-state index is 0.997. The van der Waals surface area contributed by atoms with Crippen LogP contribution in [0.2, 0.25) is 0 Å². The summed E-state index contributed by atoms with van der Waals surface area (Å²) in [4.78, 5) is 10.6.